The van der Waals surface area contributed by atoms with Crippen LogP contribution in [0.4, 0.5) is 0 Å². The van der Waals surface area contributed by atoms with Crippen LogP contribution in [0.2, 0.25) is 0 Å². The van der Waals surface area contributed by atoms with Crippen LogP contribution in [0.5, 0.6) is 0 Å². The first-order chi connectivity index (χ1) is 13.9. The highest BCUT2D eigenvalue weighted by Gasteiger charge is 2.34. The monoisotopic (exact) mass is 407 g/mol. The molecule has 162 valence electrons. The summed E-state index contributed by atoms with van der Waals surface area (Å²) in [5.41, 5.74) is 0.740. The van der Waals surface area contributed by atoms with Crippen LogP contribution in [0.3, 0.4) is 0 Å². The van der Waals surface area contributed by atoms with Crippen molar-refractivity contribution in [2.75, 3.05) is 26.7 Å². The molecule has 1 N–H and O–H groups in total. The van der Waals surface area contributed by atoms with E-state index in [-0.39, 0.29) is 42.4 Å². The molecule has 0 aromatic carbocycles. The van der Waals surface area contributed by atoms with Gasteiger partial charge in [-0.1, -0.05) is 12.1 Å². The number of fused-ring (bicyclic) bond motifs is 2. The highest BCUT2D eigenvalue weighted by Crippen LogP contribution is 2.31. The van der Waals surface area contributed by atoms with Gasteiger partial charge in [-0.2, -0.15) is 0 Å². The van der Waals surface area contributed by atoms with Gasteiger partial charge >= 0.3 is 0 Å². The third-order valence-electron chi connectivity index (χ3n) is 5.80. The van der Waals surface area contributed by atoms with E-state index in [0.29, 0.717) is 39.1 Å². The van der Waals surface area contributed by atoms with E-state index in [2.05, 4.69) is 10.3 Å². The zero-order valence-corrected chi connectivity index (χ0v) is 17.7. The fraction of sp³-hybridized carbons (Fsp3) is 0.800. The number of amides is 2. The molecule has 0 unspecified atom stereocenters. The number of aliphatic hydroxyl groups excluding tert-OH is 1. The van der Waals surface area contributed by atoms with Crippen molar-refractivity contribution >= 4 is 11.8 Å². The Balaban J connectivity index is 1.77. The minimum atomic E-state index is -0.265. The largest absolute Gasteiger partial charge is 0.394 e. The molecule has 0 spiro atoms. The molecule has 1 aromatic heterocycles. The highest BCUT2D eigenvalue weighted by molar-refractivity contribution is 5.80. The van der Waals surface area contributed by atoms with Crippen molar-refractivity contribution in [2.45, 2.75) is 64.8 Å². The van der Waals surface area contributed by atoms with Gasteiger partial charge in [0.1, 0.15) is 5.69 Å². The number of hydrogen-bond donors (Lipinski definition) is 1. The first-order valence-electron chi connectivity index (χ1n) is 10.5. The SMILES string of the molecule is C[C@@H]1CN([C@@H](C)CO)C(=O)CCCn2cc(nn2)CO[C@@H]1CN(C)C(=O)C1CC1. The van der Waals surface area contributed by atoms with Crippen LogP contribution in [0.25, 0.3) is 0 Å². The van der Waals surface area contributed by atoms with Crippen molar-refractivity contribution in [1.82, 2.24) is 24.8 Å². The van der Waals surface area contributed by atoms with E-state index in [1.165, 1.54) is 0 Å². The van der Waals surface area contributed by atoms with Gasteiger partial charge < -0.3 is 19.6 Å². The molecule has 1 aliphatic heterocycles. The summed E-state index contributed by atoms with van der Waals surface area (Å²) in [7, 11) is 1.81. The second-order valence-corrected chi connectivity index (χ2v) is 8.47. The van der Waals surface area contributed by atoms with Crippen LogP contribution >= 0.6 is 0 Å². The predicted octanol–water partition coefficient (Wildman–Crippen LogP) is 0.671. The number of aromatic nitrogens is 3. The molecule has 2 amide bonds. The van der Waals surface area contributed by atoms with Gasteiger partial charge in [0, 0.05) is 44.9 Å². The first kappa shape index (κ1) is 21.7. The van der Waals surface area contributed by atoms with E-state index in [1.807, 2.05) is 27.1 Å². The topological polar surface area (TPSA) is 101 Å². The Labute approximate surface area is 172 Å². The summed E-state index contributed by atoms with van der Waals surface area (Å²) in [5, 5.41) is 17.9. The van der Waals surface area contributed by atoms with Gasteiger partial charge in [0.2, 0.25) is 11.8 Å². The second kappa shape index (κ2) is 9.67. The Bertz CT molecular complexity index is 705. The standard InChI is InChI=1S/C20H33N5O4/c1-14-9-25(15(2)12-26)19(27)5-4-8-24-10-17(21-22-24)13-29-18(14)11-23(3)20(28)16-6-7-16/h10,14-16,18,26H,4-9,11-13H2,1-3H3/t14-,15+,18-/m1/s1. The Morgan fingerprint density at radius 1 is 1.45 bits per heavy atom. The molecule has 2 bridgehead atoms. The first-order valence-corrected chi connectivity index (χ1v) is 10.5. The van der Waals surface area contributed by atoms with E-state index in [0.717, 1.165) is 18.5 Å². The normalized spacial score (nSPS) is 25.0. The van der Waals surface area contributed by atoms with Crippen LogP contribution in [0.15, 0.2) is 6.20 Å². The number of carbonyl (C=O) groups is 2. The molecule has 2 heterocycles. The number of likely N-dealkylation sites (N-methyl/N-ethyl adjacent to an activating group) is 1. The van der Waals surface area contributed by atoms with Crippen LogP contribution in [-0.2, 0) is 27.5 Å². The smallest absolute Gasteiger partial charge is 0.225 e. The maximum Gasteiger partial charge on any atom is 0.225 e. The summed E-state index contributed by atoms with van der Waals surface area (Å²) in [6.45, 7) is 5.64. The molecular weight excluding hydrogens is 374 g/mol. The number of ether oxygens (including phenoxy) is 1. The summed E-state index contributed by atoms with van der Waals surface area (Å²) in [6, 6.07) is -0.265. The molecule has 9 nitrogen and oxygen atoms in total. The van der Waals surface area contributed by atoms with Gasteiger partial charge in [-0.25, -0.2) is 0 Å². The van der Waals surface area contributed by atoms with Gasteiger partial charge in [0.15, 0.2) is 0 Å². The molecule has 29 heavy (non-hydrogen) atoms. The fourth-order valence-electron chi connectivity index (χ4n) is 3.69. The molecule has 0 saturated heterocycles. The lowest BCUT2D eigenvalue weighted by atomic mass is 10.0. The average Bonchev–Trinajstić information content (AvgIpc) is 3.46. The van der Waals surface area contributed by atoms with E-state index in [1.54, 1.807) is 14.5 Å². The van der Waals surface area contributed by atoms with Gasteiger partial charge in [0.05, 0.1) is 31.6 Å². The molecule has 1 aliphatic carbocycles. The molecule has 1 saturated carbocycles. The third kappa shape index (κ3) is 5.76. The van der Waals surface area contributed by atoms with Crippen LogP contribution in [0, 0.1) is 11.8 Å². The highest BCUT2D eigenvalue weighted by atomic mass is 16.5. The maximum atomic E-state index is 12.8. The Kier molecular flexibility index (Phi) is 7.23. The number of aryl methyl sites for hydroxylation is 1. The maximum absolute atomic E-state index is 12.8. The molecule has 3 rings (SSSR count). The van der Waals surface area contributed by atoms with E-state index in [9.17, 15) is 14.7 Å². The quantitative estimate of drug-likeness (QED) is 0.770. The van der Waals surface area contributed by atoms with E-state index >= 15 is 0 Å². The zero-order chi connectivity index (χ0) is 21.0. The minimum absolute atomic E-state index is 0.0131. The van der Waals surface area contributed by atoms with E-state index in [4.69, 9.17) is 4.74 Å². The molecule has 3 atom stereocenters. The summed E-state index contributed by atoms with van der Waals surface area (Å²) in [6.07, 6.45) is 4.56. The number of carbonyl (C=O) groups excluding carboxylic acids is 2. The number of nitrogens with zero attached hydrogens (tertiary/aromatic N) is 5. The van der Waals surface area contributed by atoms with Gasteiger partial charge in [0.25, 0.3) is 0 Å². The molecule has 0 radical (unpaired) electrons. The fourth-order valence-corrected chi connectivity index (χ4v) is 3.69. The zero-order valence-electron chi connectivity index (χ0n) is 17.7. The lowest BCUT2D eigenvalue weighted by molar-refractivity contribution is -0.138. The molecule has 2 aliphatic rings. The summed E-state index contributed by atoms with van der Waals surface area (Å²) in [4.78, 5) is 28.7. The summed E-state index contributed by atoms with van der Waals surface area (Å²) < 4.78 is 7.90. The van der Waals surface area contributed by atoms with E-state index < -0.39 is 0 Å². The molecule has 1 aromatic rings. The number of hydrogen-bond acceptors (Lipinski definition) is 6. The lowest BCUT2D eigenvalue weighted by Crippen LogP contribution is -2.47. The van der Waals surface area contributed by atoms with Crippen molar-refractivity contribution in [3.63, 3.8) is 0 Å². The average molecular weight is 408 g/mol. The second-order valence-electron chi connectivity index (χ2n) is 8.47. The number of aliphatic hydroxyl groups is 1. The Morgan fingerprint density at radius 2 is 2.21 bits per heavy atom. The molecule has 9 heteroatoms. The van der Waals surface area contributed by atoms with Gasteiger partial charge in [-0.05, 0) is 26.2 Å². The van der Waals surface area contributed by atoms with Crippen molar-refractivity contribution < 1.29 is 19.4 Å². The summed E-state index contributed by atoms with van der Waals surface area (Å²) in [5.74, 6) is 0.307. The van der Waals surface area contributed by atoms with Crippen molar-refractivity contribution in [1.29, 1.82) is 0 Å². The minimum Gasteiger partial charge on any atom is -0.394 e. The van der Waals surface area contributed by atoms with Gasteiger partial charge in [-0.3, -0.25) is 14.3 Å². The van der Waals surface area contributed by atoms with Crippen molar-refractivity contribution in [3.8, 4) is 0 Å². The Morgan fingerprint density at radius 3 is 2.90 bits per heavy atom. The Hall–Kier alpha value is -2.00. The van der Waals surface area contributed by atoms with Crippen LogP contribution in [-0.4, -0.2) is 80.6 Å². The molecular formula is C20H33N5O4. The van der Waals surface area contributed by atoms with Gasteiger partial charge in [-0.15, -0.1) is 5.10 Å². The van der Waals surface area contributed by atoms with Crippen molar-refractivity contribution in [3.05, 3.63) is 11.9 Å². The van der Waals surface area contributed by atoms with Crippen LogP contribution in [0.1, 0.15) is 45.2 Å². The number of rotatable bonds is 5. The predicted molar refractivity (Wildman–Crippen MR) is 106 cm³/mol. The van der Waals surface area contributed by atoms with Crippen molar-refractivity contribution in [2.24, 2.45) is 11.8 Å². The third-order valence-corrected chi connectivity index (χ3v) is 5.80. The van der Waals surface area contributed by atoms with Crippen LogP contribution < -0.4 is 0 Å². The lowest BCUT2D eigenvalue weighted by Gasteiger charge is -2.35. The summed E-state index contributed by atoms with van der Waals surface area (Å²) >= 11 is 0. The molecule has 1 fully saturated rings.